The second-order valence-corrected chi connectivity index (χ2v) is 15.3. The second-order valence-electron chi connectivity index (χ2n) is 10.9. The van der Waals surface area contributed by atoms with Crippen LogP contribution in [-0.2, 0) is 37.6 Å². The van der Waals surface area contributed by atoms with Crippen molar-refractivity contribution in [3.63, 3.8) is 0 Å². The van der Waals surface area contributed by atoms with E-state index in [4.69, 9.17) is 37.6 Å². The topological polar surface area (TPSA) is 97.4 Å². The number of ether oxygens (including phenoxy) is 7. The Bertz CT molecular complexity index is 617. The summed E-state index contributed by atoms with van der Waals surface area (Å²) in [6, 6.07) is 0. The summed E-state index contributed by atoms with van der Waals surface area (Å²) in [7, 11) is 1.35. The summed E-state index contributed by atoms with van der Waals surface area (Å²) in [5.74, 6) is 0. The Morgan fingerprint density at radius 3 is 2.33 bits per heavy atom. The van der Waals surface area contributed by atoms with Gasteiger partial charge in [-0.3, -0.25) is 0 Å². The molecular formula is C23H44O9Si. The van der Waals surface area contributed by atoms with Gasteiger partial charge in [0.25, 0.3) is 0 Å². The number of methoxy groups -OCH3 is 2. The van der Waals surface area contributed by atoms with Gasteiger partial charge in [0.05, 0.1) is 49.3 Å². The van der Waals surface area contributed by atoms with E-state index in [0.717, 1.165) is 12.8 Å². The normalized spacial score (nSPS) is 41.5. The van der Waals surface area contributed by atoms with Gasteiger partial charge in [0.15, 0.2) is 8.32 Å². The highest BCUT2D eigenvalue weighted by atomic mass is 28.4. The highest BCUT2D eigenvalue weighted by Gasteiger charge is 2.54. The van der Waals surface area contributed by atoms with Gasteiger partial charge in [0.1, 0.15) is 25.3 Å². The van der Waals surface area contributed by atoms with E-state index in [-0.39, 0.29) is 56.8 Å². The lowest BCUT2D eigenvalue weighted by Crippen LogP contribution is -2.59. The lowest BCUT2D eigenvalue weighted by molar-refractivity contribution is -0.276. The van der Waals surface area contributed by atoms with E-state index in [9.17, 15) is 5.11 Å². The van der Waals surface area contributed by atoms with Crippen molar-refractivity contribution in [3.05, 3.63) is 0 Å². The lowest BCUT2D eigenvalue weighted by Gasteiger charge is -2.47. The summed E-state index contributed by atoms with van der Waals surface area (Å²) >= 11 is 0. The summed E-state index contributed by atoms with van der Waals surface area (Å²) in [6.07, 6.45) is 2.19. The Balaban J connectivity index is 1.79. The number of epoxide rings is 1. The van der Waals surface area contributed by atoms with Crippen molar-refractivity contribution in [1.82, 2.24) is 0 Å². The number of hydrogen-bond donors (Lipinski definition) is 1. The van der Waals surface area contributed by atoms with Crippen LogP contribution in [0, 0.1) is 0 Å². The van der Waals surface area contributed by atoms with Gasteiger partial charge in [-0.15, -0.1) is 0 Å². The molecule has 0 amide bonds. The molecule has 0 aromatic carbocycles. The fraction of sp³-hybridized carbons (Fsp3) is 1.00. The molecule has 0 unspecified atom stereocenters. The fourth-order valence-corrected chi connectivity index (χ4v) is 6.80. The zero-order valence-electron chi connectivity index (χ0n) is 21.3. The van der Waals surface area contributed by atoms with Gasteiger partial charge in [-0.05, 0) is 46.3 Å². The third-order valence-corrected chi connectivity index (χ3v) is 7.82. The Morgan fingerprint density at radius 2 is 1.73 bits per heavy atom. The van der Waals surface area contributed by atoms with Crippen LogP contribution >= 0.6 is 0 Å². The molecule has 0 aromatic rings. The maximum atomic E-state index is 9.47. The van der Waals surface area contributed by atoms with Crippen LogP contribution in [0.25, 0.3) is 0 Å². The summed E-state index contributed by atoms with van der Waals surface area (Å²) in [4.78, 5) is 0. The number of aliphatic hydroxyl groups excluding tert-OH is 1. The maximum absolute atomic E-state index is 9.47. The maximum Gasteiger partial charge on any atom is 0.184 e. The molecule has 0 saturated carbocycles. The third-order valence-electron chi connectivity index (χ3n) is 6.74. The average Bonchev–Trinajstić information content (AvgIpc) is 3.50. The van der Waals surface area contributed by atoms with Crippen LogP contribution in [0.15, 0.2) is 0 Å². The van der Waals surface area contributed by atoms with E-state index in [2.05, 4.69) is 26.6 Å². The summed E-state index contributed by atoms with van der Waals surface area (Å²) in [5.41, 5.74) is -1.11. The molecule has 0 radical (unpaired) electrons. The Labute approximate surface area is 199 Å². The van der Waals surface area contributed by atoms with Gasteiger partial charge in [0, 0.05) is 27.1 Å². The van der Waals surface area contributed by atoms with Gasteiger partial charge in [0.2, 0.25) is 0 Å². The molecule has 3 aliphatic heterocycles. The molecule has 0 aromatic heterocycles. The van der Waals surface area contributed by atoms with E-state index in [1.54, 1.807) is 14.2 Å². The molecule has 8 atom stereocenters. The first-order valence-electron chi connectivity index (χ1n) is 12.0. The SMILES string of the molecule is COCOC[C@@]1(C)O[C@H]2CC[C@@](C)(O[Si](C)(C)C)[C@H](C[C@H]3O[C@@H]3CO)O[C@@H]2C[C@@H]1OCOC. The van der Waals surface area contributed by atoms with E-state index in [1.165, 1.54) is 0 Å². The molecule has 3 saturated heterocycles. The van der Waals surface area contributed by atoms with Crippen molar-refractivity contribution in [1.29, 1.82) is 0 Å². The fourth-order valence-electron chi connectivity index (χ4n) is 5.17. The van der Waals surface area contributed by atoms with Crippen molar-refractivity contribution in [2.75, 3.05) is 41.0 Å². The quantitative estimate of drug-likeness (QED) is 0.191. The summed E-state index contributed by atoms with van der Waals surface area (Å²) in [5, 5.41) is 9.47. The first-order chi connectivity index (χ1) is 15.5. The van der Waals surface area contributed by atoms with E-state index < -0.39 is 19.5 Å². The molecule has 3 fully saturated rings. The van der Waals surface area contributed by atoms with Crippen LogP contribution in [0.2, 0.25) is 19.6 Å². The Hall–Kier alpha value is -0.143. The van der Waals surface area contributed by atoms with Crippen molar-refractivity contribution in [3.8, 4) is 0 Å². The molecule has 3 aliphatic rings. The summed E-state index contributed by atoms with van der Waals surface area (Å²) in [6.45, 7) is 11.5. The molecule has 9 nitrogen and oxygen atoms in total. The minimum atomic E-state index is -1.85. The Morgan fingerprint density at radius 1 is 1.00 bits per heavy atom. The number of fused-ring (bicyclic) bond motifs is 1. The molecule has 33 heavy (non-hydrogen) atoms. The first-order valence-corrected chi connectivity index (χ1v) is 15.4. The first kappa shape index (κ1) is 27.4. The van der Waals surface area contributed by atoms with Gasteiger partial charge in [-0.25, -0.2) is 0 Å². The van der Waals surface area contributed by atoms with E-state index >= 15 is 0 Å². The van der Waals surface area contributed by atoms with E-state index in [1.807, 2.05) is 6.92 Å². The van der Waals surface area contributed by atoms with Crippen molar-refractivity contribution in [2.45, 2.75) is 107 Å². The molecule has 0 spiro atoms. The second kappa shape index (κ2) is 11.3. The smallest absolute Gasteiger partial charge is 0.184 e. The Kier molecular flexibility index (Phi) is 9.38. The zero-order valence-corrected chi connectivity index (χ0v) is 22.3. The predicted molar refractivity (Wildman–Crippen MR) is 124 cm³/mol. The van der Waals surface area contributed by atoms with Crippen LogP contribution in [0.5, 0.6) is 0 Å². The molecule has 3 heterocycles. The van der Waals surface area contributed by atoms with Gasteiger partial charge in [-0.1, -0.05) is 0 Å². The number of rotatable bonds is 12. The van der Waals surface area contributed by atoms with Gasteiger partial charge >= 0.3 is 0 Å². The molecule has 1 N–H and O–H groups in total. The molecular weight excluding hydrogens is 448 g/mol. The van der Waals surface area contributed by atoms with Crippen molar-refractivity contribution in [2.24, 2.45) is 0 Å². The standard InChI is InChI=1S/C23H44O9Si/c1-22(32-33(5,6)7)9-8-16-17(30-21(22)11-18-19(12-24)29-18)10-20(28-15-26-4)23(2,31-16)13-27-14-25-3/h16-21,24H,8-15H2,1-7H3/t16-,17+,18+,19+,20-,21-,22+,23+/m0/s1. The van der Waals surface area contributed by atoms with E-state index in [0.29, 0.717) is 19.4 Å². The molecule has 194 valence electrons. The largest absolute Gasteiger partial charge is 0.410 e. The molecule has 0 bridgehead atoms. The zero-order chi connectivity index (χ0) is 24.3. The summed E-state index contributed by atoms with van der Waals surface area (Å²) < 4.78 is 47.8. The third kappa shape index (κ3) is 7.19. The van der Waals surface area contributed by atoms with Crippen LogP contribution in [0.4, 0.5) is 0 Å². The average molecular weight is 493 g/mol. The molecule has 10 heteroatoms. The number of hydrogen-bond acceptors (Lipinski definition) is 9. The molecule has 3 rings (SSSR count). The van der Waals surface area contributed by atoms with Crippen molar-refractivity contribution < 1.29 is 42.7 Å². The minimum absolute atomic E-state index is 0.00105. The van der Waals surface area contributed by atoms with Crippen LogP contribution in [0.1, 0.15) is 39.5 Å². The predicted octanol–water partition coefficient (Wildman–Crippen LogP) is 2.45. The van der Waals surface area contributed by atoms with Crippen LogP contribution in [-0.4, -0.2) is 102 Å². The number of aliphatic hydroxyl groups is 1. The van der Waals surface area contributed by atoms with Crippen molar-refractivity contribution >= 4 is 8.32 Å². The van der Waals surface area contributed by atoms with Gasteiger partial charge in [-0.2, -0.15) is 0 Å². The highest BCUT2D eigenvalue weighted by Crippen LogP contribution is 2.44. The minimum Gasteiger partial charge on any atom is -0.410 e. The van der Waals surface area contributed by atoms with Gasteiger partial charge < -0.3 is 42.7 Å². The molecule has 0 aliphatic carbocycles. The van der Waals surface area contributed by atoms with Crippen LogP contribution in [0.3, 0.4) is 0 Å². The highest BCUT2D eigenvalue weighted by molar-refractivity contribution is 6.69. The van der Waals surface area contributed by atoms with Crippen LogP contribution < -0.4 is 0 Å². The monoisotopic (exact) mass is 492 g/mol. The lowest BCUT2D eigenvalue weighted by atomic mass is 9.86.